The van der Waals surface area contributed by atoms with Gasteiger partial charge in [-0.2, -0.15) is 0 Å². The molecular weight excluding hydrogens is 256 g/mol. The Morgan fingerprint density at radius 1 is 0.952 bits per heavy atom. The van der Waals surface area contributed by atoms with Crippen molar-refractivity contribution < 1.29 is 0 Å². The largest absolute Gasteiger partial charge is 0.301 e. The molecule has 0 aromatic heterocycles. The Bertz CT molecular complexity index is 322. The van der Waals surface area contributed by atoms with Crippen LogP contribution in [0.5, 0.6) is 0 Å². The van der Waals surface area contributed by atoms with Gasteiger partial charge in [-0.3, -0.25) is 4.90 Å². The first-order chi connectivity index (χ1) is 9.59. The summed E-state index contributed by atoms with van der Waals surface area (Å²) in [5.74, 6) is 0.934. The van der Waals surface area contributed by atoms with Crippen LogP contribution < -0.4 is 0 Å². The average Bonchev–Trinajstić information content (AvgIpc) is 2.58. The maximum absolute atomic E-state index is 2.86. The Kier molecular flexibility index (Phi) is 5.10. The predicted octanol–water partition coefficient (Wildman–Crippen LogP) is 4.40. The minimum Gasteiger partial charge on any atom is -0.301 e. The van der Waals surface area contributed by atoms with Gasteiger partial charge in [-0.05, 0) is 84.3 Å². The second-order valence-corrected chi connectivity index (χ2v) is 9.60. The van der Waals surface area contributed by atoms with Crippen LogP contribution in [0.4, 0.5) is 0 Å². The van der Waals surface area contributed by atoms with E-state index in [2.05, 4.69) is 58.4 Å². The van der Waals surface area contributed by atoms with E-state index in [9.17, 15) is 0 Å². The molecule has 2 fully saturated rings. The van der Waals surface area contributed by atoms with Crippen molar-refractivity contribution in [3.63, 3.8) is 0 Å². The average molecular weight is 295 g/mol. The molecule has 2 heteroatoms. The van der Waals surface area contributed by atoms with E-state index >= 15 is 0 Å². The molecule has 2 saturated heterocycles. The molecule has 0 spiro atoms. The summed E-state index contributed by atoms with van der Waals surface area (Å²) >= 11 is 0. The monoisotopic (exact) mass is 294 g/mol. The molecular formula is C19H38N2. The van der Waals surface area contributed by atoms with Gasteiger partial charge in [0, 0.05) is 17.6 Å². The lowest BCUT2D eigenvalue weighted by Gasteiger charge is -2.44. The van der Waals surface area contributed by atoms with Crippen molar-refractivity contribution >= 4 is 0 Å². The highest BCUT2D eigenvalue weighted by Crippen LogP contribution is 2.45. The lowest BCUT2D eigenvalue weighted by molar-refractivity contribution is 0.0501. The molecule has 0 amide bonds. The van der Waals surface area contributed by atoms with E-state index in [0.717, 1.165) is 18.0 Å². The summed E-state index contributed by atoms with van der Waals surface area (Å²) in [5.41, 5.74) is 0.803. The van der Waals surface area contributed by atoms with Gasteiger partial charge in [-0.25, -0.2) is 0 Å². The van der Waals surface area contributed by atoms with Crippen LogP contribution in [0.2, 0.25) is 0 Å². The van der Waals surface area contributed by atoms with Crippen LogP contribution in [0.15, 0.2) is 0 Å². The fourth-order valence-corrected chi connectivity index (χ4v) is 4.17. The fraction of sp³-hybridized carbons (Fsp3) is 1.00. The number of fused-ring (bicyclic) bond motifs is 2. The third-order valence-electron chi connectivity index (χ3n) is 6.16. The molecule has 0 aliphatic carbocycles. The quantitative estimate of drug-likeness (QED) is 0.758. The summed E-state index contributed by atoms with van der Waals surface area (Å²) in [4.78, 5) is 5.36. The molecule has 2 bridgehead atoms. The molecule has 0 saturated carbocycles. The topological polar surface area (TPSA) is 6.48 Å². The summed E-state index contributed by atoms with van der Waals surface area (Å²) in [6, 6.07) is 1.76. The van der Waals surface area contributed by atoms with Gasteiger partial charge < -0.3 is 4.90 Å². The van der Waals surface area contributed by atoms with Crippen LogP contribution in [0.3, 0.4) is 0 Å². The molecule has 0 aromatic rings. The Morgan fingerprint density at radius 3 is 1.90 bits per heavy atom. The van der Waals surface area contributed by atoms with E-state index in [1.165, 1.54) is 45.2 Å². The summed E-state index contributed by atoms with van der Waals surface area (Å²) in [5, 5.41) is 0. The van der Waals surface area contributed by atoms with E-state index < -0.39 is 0 Å². The van der Waals surface area contributed by atoms with Crippen molar-refractivity contribution in [3.05, 3.63) is 0 Å². The first kappa shape index (κ1) is 17.3. The third-order valence-corrected chi connectivity index (χ3v) is 6.16. The van der Waals surface area contributed by atoms with Gasteiger partial charge in [0.2, 0.25) is 0 Å². The highest BCUT2D eigenvalue weighted by molar-refractivity contribution is 4.97. The van der Waals surface area contributed by atoms with Gasteiger partial charge in [-0.1, -0.05) is 20.8 Å². The Labute approximate surface area is 133 Å². The van der Waals surface area contributed by atoms with Crippen LogP contribution in [-0.4, -0.2) is 47.6 Å². The van der Waals surface area contributed by atoms with Crippen molar-refractivity contribution in [1.29, 1.82) is 0 Å². The Hall–Kier alpha value is -0.0800. The zero-order valence-electron chi connectivity index (χ0n) is 15.6. The SMILES string of the molecule is CN(CCCN1C2CCC1CC(C(C)(C)C)C2)C(C)(C)C. The highest BCUT2D eigenvalue weighted by Gasteiger charge is 2.43. The first-order valence-corrected chi connectivity index (χ1v) is 9.06. The molecule has 2 rings (SSSR count). The van der Waals surface area contributed by atoms with Gasteiger partial charge in [0.25, 0.3) is 0 Å². The first-order valence-electron chi connectivity index (χ1n) is 9.06. The number of hydrogen-bond acceptors (Lipinski definition) is 2. The van der Waals surface area contributed by atoms with Gasteiger partial charge in [0.1, 0.15) is 0 Å². The molecule has 2 aliphatic rings. The molecule has 2 heterocycles. The third kappa shape index (κ3) is 4.22. The van der Waals surface area contributed by atoms with Crippen molar-refractivity contribution in [2.24, 2.45) is 11.3 Å². The van der Waals surface area contributed by atoms with Crippen LogP contribution in [0, 0.1) is 11.3 Å². The molecule has 2 nitrogen and oxygen atoms in total. The summed E-state index contributed by atoms with van der Waals surface area (Å²) in [6.07, 6.45) is 7.10. The molecule has 2 unspecified atom stereocenters. The number of rotatable bonds is 4. The number of nitrogens with zero attached hydrogens (tertiary/aromatic N) is 2. The smallest absolute Gasteiger partial charge is 0.0122 e. The maximum Gasteiger partial charge on any atom is 0.0122 e. The van der Waals surface area contributed by atoms with Gasteiger partial charge in [0.15, 0.2) is 0 Å². The minimum atomic E-state index is 0.304. The Balaban J connectivity index is 1.82. The second kappa shape index (κ2) is 6.20. The molecule has 0 aromatic carbocycles. The highest BCUT2D eigenvalue weighted by atomic mass is 15.2. The summed E-state index contributed by atoms with van der Waals surface area (Å²) < 4.78 is 0. The maximum atomic E-state index is 2.86. The molecule has 2 atom stereocenters. The zero-order chi connectivity index (χ0) is 15.8. The van der Waals surface area contributed by atoms with E-state index in [4.69, 9.17) is 0 Å². The lowest BCUT2D eigenvalue weighted by atomic mass is 9.73. The lowest BCUT2D eigenvalue weighted by Crippen LogP contribution is -2.47. The fourth-order valence-electron chi connectivity index (χ4n) is 4.17. The second-order valence-electron chi connectivity index (χ2n) is 9.60. The minimum absolute atomic E-state index is 0.304. The molecule has 21 heavy (non-hydrogen) atoms. The Morgan fingerprint density at radius 2 is 1.48 bits per heavy atom. The number of hydrogen-bond donors (Lipinski definition) is 0. The van der Waals surface area contributed by atoms with Gasteiger partial charge >= 0.3 is 0 Å². The van der Waals surface area contributed by atoms with E-state index in [1.807, 2.05) is 0 Å². The van der Waals surface area contributed by atoms with Crippen molar-refractivity contribution in [2.45, 2.75) is 91.3 Å². The van der Waals surface area contributed by atoms with Crippen molar-refractivity contribution in [3.8, 4) is 0 Å². The van der Waals surface area contributed by atoms with Crippen LogP contribution in [0.1, 0.15) is 73.6 Å². The van der Waals surface area contributed by atoms with E-state index in [1.54, 1.807) is 0 Å². The normalized spacial score (nSPS) is 31.1. The van der Waals surface area contributed by atoms with E-state index in [-0.39, 0.29) is 0 Å². The van der Waals surface area contributed by atoms with Crippen LogP contribution >= 0.6 is 0 Å². The molecule has 124 valence electrons. The zero-order valence-corrected chi connectivity index (χ0v) is 15.6. The van der Waals surface area contributed by atoms with Gasteiger partial charge in [-0.15, -0.1) is 0 Å². The van der Waals surface area contributed by atoms with E-state index in [0.29, 0.717) is 11.0 Å². The van der Waals surface area contributed by atoms with Crippen molar-refractivity contribution in [2.75, 3.05) is 20.1 Å². The standard InChI is InChI=1S/C19H38N2/c1-18(2,3)15-13-16-9-10-17(14-15)21(16)12-8-11-20(7)19(4,5)6/h15-17H,8-14H2,1-7H3. The molecule has 0 N–H and O–H groups in total. The van der Waals surface area contributed by atoms with Crippen LogP contribution in [-0.2, 0) is 0 Å². The molecule has 0 radical (unpaired) electrons. The van der Waals surface area contributed by atoms with Gasteiger partial charge in [0.05, 0.1) is 0 Å². The summed E-state index contributed by atoms with van der Waals surface area (Å²) in [7, 11) is 2.26. The molecule has 2 aliphatic heterocycles. The number of piperidine rings is 1. The van der Waals surface area contributed by atoms with Crippen molar-refractivity contribution in [1.82, 2.24) is 9.80 Å². The predicted molar refractivity (Wildman–Crippen MR) is 92.7 cm³/mol. The summed E-state index contributed by atoms with van der Waals surface area (Å²) in [6.45, 7) is 16.8. The van der Waals surface area contributed by atoms with Crippen LogP contribution in [0.25, 0.3) is 0 Å².